The highest BCUT2D eigenvalue weighted by molar-refractivity contribution is 7.47. The predicted molar refractivity (Wildman–Crippen MR) is 436 cm³/mol. The zero-order valence-corrected chi connectivity index (χ0v) is 67.6. The van der Waals surface area contributed by atoms with E-state index in [1.54, 1.807) is 0 Å². The van der Waals surface area contributed by atoms with Crippen molar-refractivity contribution in [1.82, 2.24) is 0 Å². The van der Waals surface area contributed by atoms with Crippen LogP contribution in [0.2, 0.25) is 0 Å². The molecule has 0 rings (SSSR count). The van der Waals surface area contributed by atoms with Crippen LogP contribution in [0.1, 0.15) is 297 Å². The summed E-state index contributed by atoms with van der Waals surface area (Å²) in [4.78, 5) is 73.0. The average Bonchev–Trinajstić information content (AvgIpc) is 0.901. The summed E-state index contributed by atoms with van der Waals surface area (Å²) >= 11 is 0. The molecule has 602 valence electrons. The highest BCUT2D eigenvalue weighted by atomic mass is 31.2. The Hall–Kier alpha value is -5.58. The van der Waals surface area contributed by atoms with Gasteiger partial charge in [0.2, 0.25) is 0 Å². The van der Waals surface area contributed by atoms with E-state index in [-0.39, 0.29) is 25.7 Å². The van der Waals surface area contributed by atoms with Crippen molar-refractivity contribution in [3.8, 4) is 0 Å². The highest BCUT2D eigenvalue weighted by Gasteiger charge is 2.30. The minimum atomic E-state index is -5.02. The van der Waals surface area contributed by atoms with E-state index >= 15 is 0 Å². The Balaban J connectivity index is 5.52. The van der Waals surface area contributed by atoms with E-state index in [4.69, 9.17) is 37.0 Å². The first-order chi connectivity index (χ1) is 51.7. The van der Waals surface area contributed by atoms with Crippen LogP contribution in [0.5, 0.6) is 0 Å². The number of esters is 4. The number of aliphatic hydroxyl groups is 1. The SMILES string of the molecule is CC/C=C\C/C=C\C/C=C\C/C=C\C/C=C\CCCCCC(=O)O[C@H](COC(=O)CCCCCCC/C=C\CCCCCC)COP(=O)(O)OC[C@H](O)COP(=O)(O)OC[C@@H](COC(=O)CCC/C=C\C/C=C\C/C=C\C/C=C\CCCCC)OC(=O)CCC/C=C\C/C=C\C/C=C\C/C=C\CCCCC. The number of carbonyl (C=O) groups is 4. The molecule has 0 aliphatic carbocycles. The zero-order valence-electron chi connectivity index (χ0n) is 65.8. The van der Waals surface area contributed by atoms with Crippen LogP contribution in [-0.4, -0.2) is 96.7 Å². The fourth-order valence-corrected chi connectivity index (χ4v) is 11.6. The molecule has 0 spiro atoms. The largest absolute Gasteiger partial charge is 0.472 e. The second kappa shape index (κ2) is 77.6. The van der Waals surface area contributed by atoms with Gasteiger partial charge in [0.1, 0.15) is 19.3 Å². The predicted octanol–water partition coefficient (Wildman–Crippen LogP) is 23.8. The van der Waals surface area contributed by atoms with Crippen LogP contribution >= 0.6 is 15.6 Å². The van der Waals surface area contributed by atoms with Crippen LogP contribution < -0.4 is 0 Å². The Morgan fingerprint density at radius 2 is 0.500 bits per heavy atom. The number of phosphoric acid groups is 2. The number of unbranched alkanes of at least 4 members (excludes halogenated alkanes) is 20. The van der Waals surface area contributed by atoms with Crippen molar-refractivity contribution < 1.29 is 80.2 Å². The van der Waals surface area contributed by atoms with Crippen molar-refractivity contribution in [2.45, 2.75) is 316 Å². The maximum atomic E-state index is 13.1. The summed E-state index contributed by atoms with van der Waals surface area (Å²) in [7, 11) is -10.0. The molecule has 0 aliphatic heterocycles. The third-order valence-corrected chi connectivity index (χ3v) is 18.0. The van der Waals surface area contributed by atoms with E-state index in [1.165, 1.54) is 64.2 Å². The number of rotatable bonds is 74. The second-order valence-electron chi connectivity index (χ2n) is 26.3. The normalized spacial score (nSPS) is 14.7. The summed E-state index contributed by atoms with van der Waals surface area (Å²) in [6.45, 7) is 4.50. The molecule has 2 unspecified atom stereocenters. The second-order valence-corrected chi connectivity index (χ2v) is 29.2. The maximum absolute atomic E-state index is 13.1. The van der Waals surface area contributed by atoms with Gasteiger partial charge in [-0.2, -0.15) is 0 Å². The molecule has 5 atom stereocenters. The van der Waals surface area contributed by atoms with Gasteiger partial charge in [0.15, 0.2) is 12.2 Å². The number of ether oxygens (including phenoxy) is 4. The average molecular weight is 1520 g/mol. The van der Waals surface area contributed by atoms with E-state index < -0.39 is 97.5 Å². The van der Waals surface area contributed by atoms with Gasteiger partial charge in [-0.25, -0.2) is 9.13 Å². The summed E-state index contributed by atoms with van der Waals surface area (Å²) < 4.78 is 68.5. The lowest BCUT2D eigenvalue weighted by Crippen LogP contribution is -2.30. The minimum absolute atomic E-state index is 0.000845. The van der Waals surface area contributed by atoms with Gasteiger partial charge in [0.05, 0.1) is 26.4 Å². The molecule has 0 bridgehead atoms. The fourth-order valence-electron chi connectivity index (χ4n) is 9.99. The summed E-state index contributed by atoms with van der Waals surface area (Å²) in [5, 5.41) is 10.6. The Labute approximate surface area is 642 Å². The molecule has 106 heavy (non-hydrogen) atoms. The maximum Gasteiger partial charge on any atom is 0.472 e. The topological polar surface area (TPSA) is 237 Å². The van der Waals surface area contributed by atoms with E-state index in [0.29, 0.717) is 38.5 Å². The lowest BCUT2D eigenvalue weighted by Gasteiger charge is -2.21. The van der Waals surface area contributed by atoms with Crippen molar-refractivity contribution in [3.05, 3.63) is 170 Å². The third-order valence-electron chi connectivity index (χ3n) is 16.1. The van der Waals surface area contributed by atoms with Crippen molar-refractivity contribution in [2.75, 3.05) is 39.6 Å². The Bertz CT molecular complexity index is 2680. The molecule has 0 radical (unpaired) electrons. The zero-order chi connectivity index (χ0) is 77.4. The molecule has 0 amide bonds. The van der Waals surface area contributed by atoms with Gasteiger partial charge in [0.25, 0.3) is 0 Å². The van der Waals surface area contributed by atoms with Gasteiger partial charge < -0.3 is 33.8 Å². The molecule has 3 N–H and O–H groups in total. The van der Waals surface area contributed by atoms with Crippen LogP contribution in [0.3, 0.4) is 0 Å². The van der Waals surface area contributed by atoms with Crippen LogP contribution in [0.4, 0.5) is 0 Å². The van der Waals surface area contributed by atoms with Gasteiger partial charge in [0, 0.05) is 25.7 Å². The van der Waals surface area contributed by atoms with Crippen LogP contribution in [-0.2, 0) is 65.4 Å². The van der Waals surface area contributed by atoms with Crippen molar-refractivity contribution in [2.24, 2.45) is 0 Å². The number of hydrogen-bond donors (Lipinski definition) is 3. The van der Waals surface area contributed by atoms with Gasteiger partial charge >= 0.3 is 39.5 Å². The molecular weight excluding hydrogens is 1380 g/mol. The van der Waals surface area contributed by atoms with Gasteiger partial charge in [-0.15, -0.1) is 0 Å². The molecule has 0 aromatic heterocycles. The monoisotopic (exact) mass is 1520 g/mol. The molecular formula is C87H142O17P2. The molecule has 0 fully saturated rings. The third kappa shape index (κ3) is 76.6. The number of carbonyl (C=O) groups excluding carboxylic acids is 4. The molecule has 0 aromatic rings. The van der Waals surface area contributed by atoms with Crippen molar-refractivity contribution in [1.29, 1.82) is 0 Å². The molecule has 0 aliphatic rings. The number of phosphoric ester groups is 2. The minimum Gasteiger partial charge on any atom is -0.462 e. The van der Waals surface area contributed by atoms with Crippen molar-refractivity contribution >= 4 is 39.5 Å². The van der Waals surface area contributed by atoms with E-state index in [9.17, 15) is 43.2 Å². The Kier molecular flexibility index (Phi) is 73.5. The van der Waals surface area contributed by atoms with Crippen molar-refractivity contribution in [3.63, 3.8) is 0 Å². The van der Waals surface area contributed by atoms with E-state index in [0.717, 1.165) is 141 Å². The lowest BCUT2D eigenvalue weighted by atomic mass is 10.1. The van der Waals surface area contributed by atoms with Gasteiger partial charge in [-0.1, -0.05) is 268 Å². The van der Waals surface area contributed by atoms with E-state index in [2.05, 4.69) is 174 Å². The van der Waals surface area contributed by atoms with Crippen LogP contribution in [0, 0.1) is 0 Å². The van der Waals surface area contributed by atoms with Crippen LogP contribution in [0.15, 0.2) is 170 Å². The summed E-state index contributed by atoms with van der Waals surface area (Å²) in [5.41, 5.74) is 0. The summed E-state index contributed by atoms with van der Waals surface area (Å²) in [6.07, 6.45) is 92.0. The lowest BCUT2D eigenvalue weighted by molar-refractivity contribution is -0.161. The molecule has 17 nitrogen and oxygen atoms in total. The number of allylic oxidation sites excluding steroid dienone is 28. The summed E-state index contributed by atoms with van der Waals surface area (Å²) in [5.74, 6) is -2.37. The van der Waals surface area contributed by atoms with Gasteiger partial charge in [-0.3, -0.25) is 37.3 Å². The van der Waals surface area contributed by atoms with Gasteiger partial charge in [-0.05, 0) is 173 Å². The number of hydrogen-bond acceptors (Lipinski definition) is 15. The molecule has 0 saturated carbocycles. The molecule has 0 saturated heterocycles. The highest BCUT2D eigenvalue weighted by Crippen LogP contribution is 2.45. The molecule has 0 aromatic carbocycles. The quantitative estimate of drug-likeness (QED) is 0.0169. The smallest absolute Gasteiger partial charge is 0.462 e. The fraction of sp³-hybridized carbons (Fsp3) is 0.632. The Morgan fingerprint density at radius 1 is 0.274 bits per heavy atom. The first-order valence-electron chi connectivity index (χ1n) is 40.4. The first kappa shape index (κ1) is 100. The summed E-state index contributed by atoms with van der Waals surface area (Å²) in [6, 6.07) is 0. The first-order valence-corrected chi connectivity index (χ1v) is 43.4. The number of aliphatic hydroxyl groups excluding tert-OH is 1. The molecule has 19 heteroatoms. The van der Waals surface area contributed by atoms with E-state index in [1.807, 2.05) is 24.3 Å². The molecule has 0 heterocycles. The standard InChI is InChI=1S/C87H142O17P2/c1-5-9-13-17-21-25-29-33-36-39-40-43-46-50-54-58-62-66-70-74-87(92)103-82(77-97-84(89)71-67-63-59-55-51-47-32-28-24-20-16-12-8-4)79-101-105(93,94)99-75-81(88)76-100-106(95,96)102-80-83(104-86(91)73-69-65-61-57-53-49-45-42-38-35-31-27-23-19-15-11-7-3)78-98-85(90)72-68-64-60-56-52-48-44-41-37-34-30-26-22-18-14-10-6-2/h9,13,21-23,25-28,32-38,40,43-45,48-50,54,56-57,60-61,81-83,88H,5-8,10-12,14-20,24,29-31,39,41-42,46-47,51-53,55,58-59,62-80H2,1-4H3,(H,93,94)(H,95,96)/b13-9-,25-21-,26-22-,27-23-,32-28-,36-33-,37-34-,38-35-,43-40-,48-44-,49-45-,54-50-,60-56-,61-57-/t81-,82+,83+/m0/s1. The Morgan fingerprint density at radius 3 is 0.840 bits per heavy atom. The van der Waals surface area contributed by atoms with Crippen LogP contribution in [0.25, 0.3) is 0 Å².